The molecule has 0 fully saturated rings. The van der Waals surface area contributed by atoms with Crippen molar-refractivity contribution >= 4 is 40.8 Å². The highest BCUT2D eigenvalue weighted by atomic mass is 35.5. The van der Waals surface area contributed by atoms with E-state index in [1.54, 1.807) is 0 Å². The summed E-state index contributed by atoms with van der Waals surface area (Å²) in [4.78, 5) is 28.8. The van der Waals surface area contributed by atoms with Gasteiger partial charge in [0.25, 0.3) is 5.91 Å². The van der Waals surface area contributed by atoms with Gasteiger partial charge in [-0.3, -0.25) is 4.79 Å². The van der Waals surface area contributed by atoms with Crippen LogP contribution < -0.4 is 4.90 Å². The molecule has 0 aliphatic carbocycles. The zero-order valence-corrected chi connectivity index (χ0v) is 19.9. The van der Waals surface area contributed by atoms with E-state index in [4.69, 9.17) is 28.3 Å². The molecule has 3 aromatic rings. The van der Waals surface area contributed by atoms with E-state index in [1.165, 1.54) is 61.3 Å². The lowest BCUT2D eigenvalue weighted by Crippen LogP contribution is -2.46. The van der Waals surface area contributed by atoms with Crippen molar-refractivity contribution < 1.29 is 33.0 Å². The van der Waals surface area contributed by atoms with Crippen molar-refractivity contribution in [3.8, 4) is 0 Å². The van der Waals surface area contributed by atoms with Crippen molar-refractivity contribution in [1.82, 2.24) is 4.98 Å². The van der Waals surface area contributed by atoms with Gasteiger partial charge in [-0.2, -0.15) is 13.2 Å². The number of carboxylic acid groups (broad SMARTS) is 1. The first kappa shape index (κ1) is 26.5. The number of amides is 1. The maximum atomic E-state index is 14.1. The number of carbonyl (C=O) groups excluding carboxylic acids is 1. The summed E-state index contributed by atoms with van der Waals surface area (Å²) in [6.07, 6.45) is -4.03. The highest BCUT2D eigenvalue weighted by molar-refractivity contribution is 6.32. The van der Waals surface area contributed by atoms with Crippen LogP contribution in [0.15, 0.2) is 60.8 Å². The maximum Gasteiger partial charge on any atom is 0.422 e. The van der Waals surface area contributed by atoms with E-state index < -0.39 is 35.1 Å². The number of carboxylic acids is 1. The third-order valence-electron chi connectivity index (χ3n) is 5.75. The molecule has 0 aliphatic heterocycles. The van der Waals surface area contributed by atoms with Crippen LogP contribution in [0, 0.1) is 0 Å². The number of hydrogen-bond acceptors (Lipinski definition) is 4. The molecule has 0 radical (unpaired) electrons. The van der Waals surface area contributed by atoms with E-state index in [1.807, 2.05) is 0 Å². The lowest BCUT2D eigenvalue weighted by atomic mass is 9.78. The minimum absolute atomic E-state index is 0.0376. The van der Waals surface area contributed by atoms with E-state index >= 15 is 0 Å². The highest BCUT2D eigenvalue weighted by Crippen LogP contribution is 2.50. The van der Waals surface area contributed by atoms with Crippen LogP contribution in [0.3, 0.4) is 0 Å². The minimum Gasteiger partial charge on any atom is -0.478 e. The summed E-state index contributed by atoms with van der Waals surface area (Å²) in [5.41, 5.74) is -3.35. The number of rotatable bonds is 6. The van der Waals surface area contributed by atoms with E-state index in [2.05, 4.69) is 4.98 Å². The first-order valence-corrected chi connectivity index (χ1v) is 10.8. The number of benzene rings is 2. The Kier molecular flexibility index (Phi) is 7.45. The quantitative estimate of drug-likeness (QED) is 0.389. The Balaban J connectivity index is 1.95. The molecule has 0 spiro atoms. The number of nitrogens with zero attached hydrogens (tertiary/aromatic N) is 2. The SMILES string of the molecule is C[C@H](c1ccc(C(=O)N(C)c2ccc(C(=O)O)cc2)cc1Cl)[C@@](O)(c1ccnc(Cl)c1)C(F)(F)F. The fraction of sp³-hybridized carbons (Fsp3) is 0.208. The van der Waals surface area contributed by atoms with E-state index in [-0.39, 0.29) is 26.9 Å². The Morgan fingerprint density at radius 1 is 1.00 bits per heavy atom. The molecule has 2 aromatic carbocycles. The number of halogens is 5. The lowest BCUT2D eigenvalue weighted by molar-refractivity contribution is -0.274. The van der Waals surface area contributed by atoms with Gasteiger partial charge < -0.3 is 15.1 Å². The third-order valence-corrected chi connectivity index (χ3v) is 6.28. The molecule has 0 saturated heterocycles. The molecular formula is C24H19Cl2F3N2O4. The zero-order chi connectivity index (χ0) is 26.1. The van der Waals surface area contributed by atoms with Crippen molar-refractivity contribution in [2.24, 2.45) is 0 Å². The average molecular weight is 527 g/mol. The van der Waals surface area contributed by atoms with Gasteiger partial charge in [0.1, 0.15) is 5.15 Å². The van der Waals surface area contributed by atoms with Gasteiger partial charge in [-0.15, -0.1) is 0 Å². The molecule has 1 amide bonds. The Labute approximate surface area is 208 Å². The normalized spacial score (nSPS) is 14.2. The molecular weight excluding hydrogens is 508 g/mol. The summed E-state index contributed by atoms with van der Waals surface area (Å²) in [7, 11) is 1.46. The average Bonchev–Trinajstić information content (AvgIpc) is 2.81. The van der Waals surface area contributed by atoms with Crippen molar-refractivity contribution in [3.05, 3.63) is 93.2 Å². The molecule has 0 bridgehead atoms. The summed E-state index contributed by atoms with van der Waals surface area (Å²) < 4.78 is 42.3. The molecule has 3 rings (SSSR count). The van der Waals surface area contributed by atoms with Gasteiger partial charge in [-0.25, -0.2) is 9.78 Å². The van der Waals surface area contributed by atoms with Crippen LogP contribution in [-0.4, -0.2) is 40.3 Å². The van der Waals surface area contributed by atoms with Gasteiger partial charge >= 0.3 is 12.1 Å². The fourth-order valence-corrected chi connectivity index (χ4v) is 4.19. The van der Waals surface area contributed by atoms with Crippen LogP contribution in [0.25, 0.3) is 0 Å². The van der Waals surface area contributed by atoms with Gasteiger partial charge in [0.05, 0.1) is 5.56 Å². The van der Waals surface area contributed by atoms with Crippen LogP contribution in [-0.2, 0) is 5.60 Å². The van der Waals surface area contributed by atoms with Crippen LogP contribution in [0.5, 0.6) is 0 Å². The third kappa shape index (κ3) is 5.12. The molecule has 11 heteroatoms. The number of aromatic carboxylic acids is 1. The molecule has 35 heavy (non-hydrogen) atoms. The highest BCUT2D eigenvalue weighted by Gasteiger charge is 2.59. The van der Waals surface area contributed by atoms with Gasteiger partial charge in [0, 0.05) is 35.4 Å². The van der Waals surface area contributed by atoms with Crippen molar-refractivity contribution in [1.29, 1.82) is 0 Å². The maximum absolute atomic E-state index is 14.1. The van der Waals surface area contributed by atoms with Crippen LogP contribution in [0.1, 0.15) is 44.7 Å². The summed E-state index contributed by atoms with van der Waals surface area (Å²) in [6.45, 7) is 1.17. The number of hydrogen-bond donors (Lipinski definition) is 2. The van der Waals surface area contributed by atoms with E-state index in [9.17, 15) is 27.9 Å². The molecule has 1 aromatic heterocycles. The largest absolute Gasteiger partial charge is 0.478 e. The van der Waals surface area contributed by atoms with E-state index in [0.29, 0.717) is 5.69 Å². The standard InChI is InChI=1S/C24H19Cl2F3N2O4/c1-13(23(35,24(27,28)29)16-9-10-30-20(26)12-16)18-8-5-15(11-19(18)25)21(32)31(2)17-6-3-14(4-7-17)22(33)34/h3-13,35H,1-2H3,(H,33,34)/t13-,23-/m1/s1. The van der Waals surface area contributed by atoms with Crippen LogP contribution in [0.2, 0.25) is 10.2 Å². The lowest BCUT2D eigenvalue weighted by Gasteiger charge is -2.37. The topological polar surface area (TPSA) is 90.7 Å². The van der Waals surface area contributed by atoms with Crippen LogP contribution >= 0.6 is 23.2 Å². The summed E-state index contributed by atoms with van der Waals surface area (Å²) in [5.74, 6) is -3.21. The second-order valence-electron chi connectivity index (χ2n) is 7.81. The van der Waals surface area contributed by atoms with Crippen molar-refractivity contribution in [2.75, 3.05) is 11.9 Å². The Hall–Kier alpha value is -3.14. The molecule has 0 saturated carbocycles. The first-order valence-electron chi connectivity index (χ1n) is 10.1. The molecule has 184 valence electrons. The number of anilines is 1. The number of aromatic nitrogens is 1. The number of aliphatic hydroxyl groups is 1. The van der Waals surface area contributed by atoms with Gasteiger partial charge in [0.15, 0.2) is 5.60 Å². The van der Waals surface area contributed by atoms with Gasteiger partial charge in [0.2, 0.25) is 0 Å². The number of alkyl halides is 3. The zero-order valence-electron chi connectivity index (χ0n) is 18.3. The molecule has 1 heterocycles. The number of pyridine rings is 1. The summed E-state index contributed by atoms with van der Waals surface area (Å²) in [5, 5.41) is 19.5. The Morgan fingerprint density at radius 2 is 1.60 bits per heavy atom. The molecule has 0 aliphatic rings. The van der Waals surface area contributed by atoms with Crippen molar-refractivity contribution in [2.45, 2.75) is 24.6 Å². The second-order valence-corrected chi connectivity index (χ2v) is 8.60. The summed E-state index contributed by atoms with van der Waals surface area (Å²) in [6, 6.07) is 11.3. The smallest absolute Gasteiger partial charge is 0.422 e. The van der Waals surface area contributed by atoms with Gasteiger partial charge in [-0.1, -0.05) is 36.2 Å². The second kappa shape index (κ2) is 9.85. The summed E-state index contributed by atoms with van der Waals surface area (Å²) >= 11 is 12.1. The Bertz CT molecular complexity index is 1270. The first-order chi connectivity index (χ1) is 16.3. The molecule has 0 unspecified atom stereocenters. The minimum atomic E-state index is -5.09. The molecule has 2 N–H and O–H groups in total. The molecule has 6 nitrogen and oxygen atoms in total. The predicted molar refractivity (Wildman–Crippen MR) is 125 cm³/mol. The molecule has 2 atom stereocenters. The van der Waals surface area contributed by atoms with E-state index in [0.717, 1.165) is 18.3 Å². The predicted octanol–water partition coefficient (Wildman–Crippen LogP) is 5.92. The van der Waals surface area contributed by atoms with Crippen LogP contribution in [0.4, 0.5) is 18.9 Å². The van der Waals surface area contributed by atoms with Crippen molar-refractivity contribution in [3.63, 3.8) is 0 Å². The fourth-order valence-electron chi connectivity index (χ4n) is 3.67. The Morgan fingerprint density at radius 3 is 2.11 bits per heavy atom. The monoisotopic (exact) mass is 526 g/mol. The number of carbonyl (C=O) groups is 2. The van der Waals surface area contributed by atoms with Gasteiger partial charge in [-0.05, 0) is 59.7 Å².